The summed E-state index contributed by atoms with van der Waals surface area (Å²) < 4.78 is 2.00. The zero-order valence-electron chi connectivity index (χ0n) is 9.61. The van der Waals surface area contributed by atoms with E-state index in [2.05, 4.69) is 23.3 Å². The highest BCUT2D eigenvalue weighted by Gasteiger charge is 2.28. The lowest BCUT2D eigenvalue weighted by atomic mass is 10.1. The van der Waals surface area contributed by atoms with E-state index in [9.17, 15) is 0 Å². The van der Waals surface area contributed by atoms with Crippen molar-refractivity contribution in [3.05, 3.63) is 29.5 Å². The molecule has 1 aliphatic rings. The van der Waals surface area contributed by atoms with Gasteiger partial charge in [-0.15, -0.1) is 0 Å². The number of benzene rings is 1. The molecular formula is C13H17N3. The van der Waals surface area contributed by atoms with Gasteiger partial charge in [0.15, 0.2) is 0 Å². The third-order valence-corrected chi connectivity index (χ3v) is 3.34. The summed E-state index contributed by atoms with van der Waals surface area (Å²) in [5.74, 6) is 0.712. The zero-order valence-corrected chi connectivity index (χ0v) is 9.61. The van der Waals surface area contributed by atoms with Gasteiger partial charge in [-0.3, -0.25) is 4.68 Å². The average molecular weight is 215 g/mol. The van der Waals surface area contributed by atoms with E-state index in [0.717, 1.165) is 6.42 Å². The van der Waals surface area contributed by atoms with Crippen LogP contribution < -0.4 is 5.73 Å². The van der Waals surface area contributed by atoms with Gasteiger partial charge >= 0.3 is 0 Å². The minimum Gasteiger partial charge on any atom is -0.330 e. The summed E-state index contributed by atoms with van der Waals surface area (Å²) in [6.07, 6.45) is 3.55. The Kier molecular flexibility index (Phi) is 2.21. The maximum Gasteiger partial charge on any atom is 0.0734 e. The van der Waals surface area contributed by atoms with E-state index in [1.165, 1.54) is 35.0 Å². The van der Waals surface area contributed by atoms with Crippen molar-refractivity contribution in [3.8, 4) is 0 Å². The molecule has 0 spiro atoms. The van der Waals surface area contributed by atoms with Gasteiger partial charge in [-0.1, -0.05) is 12.1 Å². The molecule has 84 valence electrons. The maximum atomic E-state index is 5.58. The standard InChI is InChI=1S/C13H17N3/c1-16-12-8-9(6-7-14)2-5-11(12)13(15-16)10-3-4-10/h2,5,8,10H,3-4,6-7,14H2,1H3. The van der Waals surface area contributed by atoms with Crippen LogP contribution in [0.25, 0.3) is 10.9 Å². The number of fused-ring (bicyclic) bond motifs is 1. The molecule has 1 heterocycles. The normalized spacial score (nSPS) is 15.9. The van der Waals surface area contributed by atoms with Crippen molar-refractivity contribution >= 4 is 10.9 Å². The fourth-order valence-corrected chi connectivity index (χ4v) is 2.31. The first-order chi connectivity index (χ1) is 7.79. The highest BCUT2D eigenvalue weighted by Crippen LogP contribution is 2.42. The Balaban J connectivity index is 2.12. The maximum absolute atomic E-state index is 5.58. The number of aryl methyl sites for hydroxylation is 1. The Hall–Kier alpha value is -1.35. The van der Waals surface area contributed by atoms with Crippen LogP contribution in [0.5, 0.6) is 0 Å². The Labute approximate surface area is 95.2 Å². The average Bonchev–Trinajstić information content (AvgIpc) is 3.06. The predicted molar refractivity (Wildman–Crippen MR) is 65.4 cm³/mol. The third kappa shape index (κ3) is 1.52. The first kappa shape index (κ1) is 9.85. The highest BCUT2D eigenvalue weighted by molar-refractivity contribution is 5.83. The van der Waals surface area contributed by atoms with Crippen LogP contribution in [-0.2, 0) is 13.5 Å². The fraction of sp³-hybridized carbons (Fsp3) is 0.462. The van der Waals surface area contributed by atoms with Crippen molar-refractivity contribution in [2.45, 2.75) is 25.2 Å². The minimum atomic E-state index is 0.707. The van der Waals surface area contributed by atoms with Crippen LogP contribution in [0, 0.1) is 0 Å². The summed E-state index contributed by atoms with van der Waals surface area (Å²) in [5.41, 5.74) is 9.42. The molecule has 3 nitrogen and oxygen atoms in total. The molecular weight excluding hydrogens is 198 g/mol. The molecule has 0 radical (unpaired) electrons. The fourth-order valence-electron chi connectivity index (χ4n) is 2.31. The van der Waals surface area contributed by atoms with Gasteiger partial charge in [0.05, 0.1) is 11.2 Å². The quantitative estimate of drug-likeness (QED) is 0.850. The smallest absolute Gasteiger partial charge is 0.0734 e. The van der Waals surface area contributed by atoms with Crippen LogP contribution in [0.2, 0.25) is 0 Å². The first-order valence-corrected chi connectivity index (χ1v) is 5.95. The summed E-state index contributed by atoms with van der Waals surface area (Å²) in [7, 11) is 2.03. The molecule has 0 atom stereocenters. The number of nitrogens with two attached hydrogens (primary N) is 1. The van der Waals surface area contributed by atoms with Gasteiger partial charge in [0.1, 0.15) is 0 Å². The van der Waals surface area contributed by atoms with Gasteiger partial charge in [0.25, 0.3) is 0 Å². The van der Waals surface area contributed by atoms with Crippen molar-refractivity contribution in [1.82, 2.24) is 9.78 Å². The molecule has 1 fully saturated rings. The van der Waals surface area contributed by atoms with E-state index < -0.39 is 0 Å². The topological polar surface area (TPSA) is 43.8 Å². The van der Waals surface area contributed by atoms with E-state index in [1.54, 1.807) is 0 Å². The second-order valence-electron chi connectivity index (χ2n) is 4.67. The van der Waals surface area contributed by atoms with Gasteiger partial charge in [0, 0.05) is 18.4 Å². The molecule has 0 saturated heterocycles. The summed E-state index contributed by atoms with van der Waals surface area (Å²) in [6.45, 7) is 0.707. The van der Waals surface area contributed by atoms with Crippen molar-refractivity contribution in [2.24, 2.45) is 12.8 Å². The second kappa shape index (κ2) is 3.59. The predicted octanol–water partition coefficient (Wildman–Crippen LogP) is 1.95. The van der Waals surface area contributed by atoms with Gasteiger partial charge < -0.3 is 5.73 Å². The van der Waals surface area contributed by atoms with Crippen LogP contribution >= 0.6 is 0 Å². The lowest BCUT2D eigenvalue weighted by molar-refractivity contribution is 0.767. The van der Waals surface area contributed by atoms with Crippen LogP contribution in [0.4, 0.5) is 0 Å². The number of hydrogen-bond donors (Lipinski definition) is 1. The molecule has 1 aromatic heterocycles. The van der Waals surface area contributed by atoms with Crippen LogP contribution in [0.3, 0.4) is 0 Å². The summed E-state index contributed by atoms with van der Waals surface area (Å²) in [6, 6.07) is 6.62. The Morgan fingerprint density at radius 2 is 2.25 bits per heavy atom. The molecule has 3 rings (SSSR count). The van der Waals surface area contributed by atoms with Crippen molar-refractivity contribution in [2.75, 3.05) is 6.54 Å². The SMILES string of the molecule is Cn1nc(C2CC2)c2ccc(CCN)cc21. The van der Waals surface area contributed by atoms with Crippen LogP contribution in [0.1, 0.15) is 30.0 Å². The van der Waals surface area contributed by atoms with Gasteiger partial charge in [-0.25, -0.2) is 0 Å². The molecule has 0 amide bonds. The van der Waals surface area contributed by atoms with E-state index >= 15 is 0 Å². The lowest BCUT2D eigenvalue weighted by Gasteiger charge is -2.00. The van der Waals surface area contributed by atoms with E-state index in [-0.39, 0.29) is 0 Å². The molecule has 1 aliphatic carbocycles. The summed E-state index contributed by atoms with van der Waals surface area (Å²) in [4.78, 5) is 0. The second-order valence-corrected chi connectivity index (χ2v) is 4.67. The van der Waals surface area contributed by atoms with Crippen LogP contribution in [-0.4, -0.2) is 16.3 Å². The lowest BCUT2D eigenvalue weighted by Crippen LogP contribution is -2.02. The molecule has 1 saturated carbocycles. The number of nitrogens with zero attached hydrogens (tertiary/aromatic N) is 2. The number of rotatable bonds is 3. The molecule has 2 N–H and O–H groups in total. The molecule has 3 heteroatoms. The minimum absolute atomic E-state index is 0.707. The summed E-state index contributed by atoms with van der Waals surface area (Å²) in [5, 5.41) is 5.96. The van der Waals surface area contributed by atoms with Crippen LogP contribution in [0.15, 0.2) is 18.2 Å². The van der Waals surface area contributed by atoms with E-state index in [4.69, 9.17) is 5.73 Å². The molecule has 0 unspecified atom stereocenters. The molecule has 1 aromatic carbocycles. The Morgan fingerprint density at radius 3 is 2.94 bits per heavy atom. The van der Waals surface area contributed by atoms with Crippen molar-refractivity contribution in [3.63, 3.8) is 0 Å². The first-order valence-electron chi connectivity index (χ1n) is 5.95. The Morgan fingerprint density at radius 1 is 1.44 bits per heavy atom. The largest absolute Gasteiger partial charge is 0.330 e. The zero-order chi connectivity index (χ0) is 11.1. The molecule has 0 bridgehead atoms. The van der Waals surface area contributed by atoms with Gasteiger partial charge in [-0.2, -0.15) is 5.10 Å². The van der Waals surface area contributed by atoms with Crippen molar-refractivity contribution in [1.29, 1.82) is 0 Å². The van der Waals surface area contributed by atoms with Gasteiger partial charge in [0.2, 0.25) is 0 Å². The Bertz CT molecular complexity index is 523. The van der Waals surface area contributed by atoms with Gasteiger partial charge in [-0.05, 0) is 37.4 Å². The van der Waals surface area contributed by atoms with E-state index in [1.807, 2.05) is 11.7 Å². The van der Waals surface area contributed by atoms with Crippen molar-refractivity contribution < 1.29 is 0 Å². The van der Waals surface area contributed by atoms with E-state index in [0.29, 0.717) is 12.5 Å². The molecule has 2 aromatic rings. The number of hydrogen-bond acceptors (Lipinski definition) is 2. The number of aromatic nitrogens is 2. The molecule has 16 heavy (non-hydrogen) atoms. The molecule has 0 aliphatic heterocycles. The third-order valence-electron chi connectivity index (χ3n) is 3.34. The monoisotopic (exact) mass is 215 g/mol. The summed E-state index contributed by atoms with van der Waals surface area (Å²) >= 11 is 0. The highest BCUT2D eigenvalue weighted by atomic mass is 15.3.